The lowest BCUT2D eigenvalue weighted by molar-refractivity contribution is 0.0978. The second-order valence-corrected chi connectivity index (χ2v) is 6.58. The Labute approximate surface area is 151 Å². The SMILES string of the molecule is CC(C)c1cc(Cl)ccc1NC(=S)NC(=O)c1ccc(Cl)cc1. The zero-order valence-electron chi connectivity index (χ0n) is 12.7. The van der Waals surface area contributed by atoms with Crippen LogP contribution in [0.15, 0.2) is 42.5 Å². The molecular formula is C17H16Cl2N2OS. The lowest BCUT2D eigenvalue weighted by Crippen LogP contribution is -2.34. The Morgan fingerprint density at radius 2 is 1.65 bits per heavy atom. The molecule has 0 aliphatic carbocycles. The van der Waals surface area contributed by atoms with Crippen LogP contribution in [0.2, 0.25) is 10.0 Å². The van der Waals surface area contributed by atoms with Crippen LogP contribution in [0.5, 0.6) is 0 Å². The molecule has 0 saturated heterocycles. The molecule has 2 aromatic rings. The zero-order chi connectivity index (χ0) is 17.0. The van der Waals surface area contributed by atoms with E-state index in [1.54, 1.807) is 30.3 Å². The molecule has 0 atom stereocenters. The Morgan fingerprint density at radius 3 is 2.26 bits per heavy atom. The van der Waals surface area contributed by atoms with Crippen molar-refractivity contribution in [3.63, 3.8) is 0 Å². The number of hydrogen-bond acceptors (Lipinski definition) is 2. The van der Waals surface area contributed by atoms with Crippen LogP contribution in [0.4, 0.5) is 5.69 Å². The smallest absolute Gasteiger partial charge is 0.257 e. The van der Waals surface area contributed by atoms with E-state index in [9.17, 15) is 4.79 Å². The van der Waals surface area contributed by atoms with Gasteiger partial charge >= 0.3 is 0 Å². The molecule has 120 valence electrons. The minimum Gasteiger partial charge on any atom is -0.332 e. The number of halogens is 2. The number of nitrogens with one attached hydrogen (secondary N) is 2. The van der Waals surface area contributed by atoms with E-state index in [0.717, 1.165) is 11.3 Å². The first-order valence-electron chi connectivity index (χ1n) is 7.04. The summed E-state index contributed by atoms with van der Waals surface area (Å²) >= 11 is 17.1. The molecule has 2 aromatic carbocycles. The molecule has 0 aliphatic heterocycles. The number of anilines is 1. The van der Waals surface area contributed by atoms with Crippen molar-refractivity contribution in [2.24, 2.45) is 0 Å². The van der Waals surface area contributed by atoms with Gasteiger partial charge in [-0.15, -0.1) is 0 Å². The van der Waals surface area contributed by atoms with Crippen LogP contribution in [0.3, 0.4) is 0 Å². The Balaban J connectivity index is 2.08. The third kappa shape index (κ3) is 4.93. The van der Waals surface area contributed by atoms with E-state index in [-0.39, 0.29) is 16.9 Å². The Morgan fingerprint density at radius 1 is 1.04 bits per heavy atom. The summed E-state index contributed by atoms with van der Waals surface area (Å²) in [5.74, 6) is -0.0230. The lowest BCUT2D eigenvalue weighted by Gasteiger charge is -2.16. The quantitative estimate of drug-likeness (QED) is 0.729. The fourth-order valence-corrected chi connectivity index (χ4v) is 2.56. The number of carbonyl (C=O) groups is 1. The Kier molecular flexibility index (Phi) is 5.99. The van der Waals surface area contributed by atoms with Crippen molar-refractivity contribution in [1.82, 2.24) is 5.32 Å². The van der Waals surface area contributed by atoms with E-state index in [2.05, 4.69) is 24.5 Å². The normalized spacial score (nSPS) is 10.5. The number of thiocarbonyl (C=S) groups is 1. The molecule has 2 N–H and O–H groups in total. The largest absolute Gasteiger partial charge is 0.332 e. The van der Waals surface area contributed by atoms with E-state index in [0.29, 0.717) is 15.6 Å². The van der Waals surface area contributed by atoms with Gasteiger partial charge in [-0.1, -0.05) is 37.0 Å². The summed E-state index contributed by atoms with van der Waals surface area (Å²) < 4.78 is 0. The maximum absolute atomic E-state index is 12.1. The van der Waals surface area contributed by atoms with Crippen LogP contribution >= 0.6 is 35.4 Å². The second kappa shape index (κ2) is 7.77. The van der Waals surface area contributed by atoms with Gasteiger partial charge in [-0.2, -0.15) is 0 Å². The first-order valence-corrected chi connectivity index (χ1v) is 8.20. The lowest BCUT2D eigenvalue weighted by atomic mass is 10.0. The molecule has 0 heterocycles. The van der Waals surface area contributed by atoms with Gasteiger partial charge in [0.15, 0.2) is 5.11 Å². The molecule has 0 aromatic heterocycles. The molecule has 1 amide bonds. The van der Waals surface area contributed by atoms with E-state index >= 15 is 0 Å². The van der Waals surface area contributed by atoms with Gasteiger partial charge in [0, 0.05) is 21.3 Å². The van der Waals surface area contributed by atoms with Gasteiger partial charge in [-0.3, -0.25) is 10.1 Å². The zero-order valence-corrected chi connectivity index (χ0v) is 15.0. The second-order valence-electron chi connectivity index (χ2n) is 5.30. The molecule has 0 radical (unpaired) electrons. The number of carbonyl (C=O) groups excluding carboxylic acids is 1. The van der Waals surface area contributed by atoms with Gasteiger partial charge in [0.05, 0.1) is 0 Å². The predicted octanol–water partition coefficient (Wildman–Crippen LogP) is 5.24. The van der Waals surface area contributed by atoms with E-state index in [1.807, 2.05) is 12.1 Å². The molecule has 0 spiro atoms. The van der Waals surface area contributed by atoms with Gasteiger partial charge in [0.1, 0.15) is 0 Å². The molecule has 0 fully saturated rings. The minimum absolute atomic E-state index is 0.231. The first-order chi connectivity index (χ1) is 10.9. The fourth-order valence-electron chi connectivity index (χ4n) is 2.06. The molecule has 23 heavy (non-hydrogen) atoms. The van der Waals surface area contributed by atoms with Gasteiger partial charge < -0.3 is 5.32 Å². The van der Waals surface area contributed by atoms with Crippen molar-refractivity contribution >= 4 is 52.1 Å². The van der Waals surface area contributed by atoms with Gasteiger partial charge in [-0.25, -0.2) is 0 Å². The highest BCUT2D eigenvalue weighted by atomic mass is 35.5. The summed E-state index contributed by atoms with van der Waals surface area (Å²) in [6.07, 6.45) is 0. The van der Waals surface area contributed by atoms with E-state index in [1.165, 1.54) is 0 Å². The average Bonchev–Trinajstić information content (AvgIpc) is 2.49. The highest BCUT2D eigenvalue weighted by Crippen LogP contribution is 2.27. The minimum atomic E-state index is -0.292. The summed E-state index contributed by atoms with van der Waals surface area (Å²) in [6.45, 7) is 4.12. The number of amides is 1. The average molecular weight is 367 g/mol. The highest BCUT2D eigenvalue weighted by Gasteiger charge is 2.11. The molecule has 0 bridgehead atoms. The Hall–Kier alpha value is -1.62. The van der Waals surface area contributed by atoms with Crippen LogP contribution in [-0.2, 0) is 0 Å². The fraction of sp³-hybridized carbons (Fsp3) is 0.176. The molecule has 0 saturated carbocycles. The summed E-state index contributed by atoms with van der Waals surface area (Å²) in [7, 11) is 0. The molecule has 2 rings (SSSR count). The third-order valence-corrected chi connectivity index (χ3v) is 3.91. The Bertz CT molecular complexity index is 730. The maximum atomic E-state index is 12.1. The highest BCUT2D eigenvalue weighted by molar-refractivity contribution is 7.80. The van der Waals surface area contributed by atoms with Crippen molar-refractivity contribution < 1.29 is 4.79 Å². The predicted molar refractivity (Wildman–Crippen MR) is 101 cm³/mol. The maximum Gasteiger partial charge on any atom is 0.257 e. The molecule has 3 nitrogen and oxygen atoms in total. The summed E-state index contributed by atoms with van der Waals surface area (Å²) in [4.78, 5) is 12.1. The monoisotopic (exact) mass is 366 g/mol. The standard InChI is InChI=1S/C17H16Cl2N2OS/c1-10(2)14-9-13(19)7-8-15(14)20-17(23)21-16(22)11-3-5-12(18)6-4-11/h3-10H,1-2H3,(H2,20,21,22,23). The molecule has 6 heteroatoms. The van der Waals surface area contributed by atoms with Gasteiger partial charge in [0.25, 0.3) is 5.91 Å². The number of hydrogen-bond donors (Lipinski definition) is 2. The van der Waals surface area contributed by atoms with Crippen molar-refractivity contribution in [3.05, 3.63) is 63.6 Å². The van der Waals surface area contributed by atoms with Crippen LogP contribution < -0.4 is 10.6 Å². The summed E-state index contributed by atoms with van der Waals surface area (Å²) in [5, 5.41) is 7.16. The van der Waals surface area contributed by atoms with Crippen LogP contribution in [0.1, 0.15) is 35.7 Å². The van der Waals surface area contributed by atoms with Crippen LogP contribution in [0.25, 0.3) is 0 Å². The third-order valence-electron chi connectivity index (χ3n) is 3.22. The van der Waals surface area contributed by atoms with Crippen molar-refractivity contribution in [1.29, 1.82) is 0 Å². The summed E-state index contributed by atoms with van der Waals surface area (Å²) in [6, 6.07) is 12.1. The van der Waals surface area contributed by atoms with E-state index in [4.69, 9.17) is 35.4 Å². The van der Waals surface area contributed by atoms with E-state index < -0.39 is 0 Å². The number of rotatable bonds is 3. The van der Waals surface area contributed by atoms with Crippen molar-refractivity contribution in [2.75, 3.05) is 5.32 Å². The molecular weight excluding hydrogens is 351 g/mol. The van der Waals surface area contributed by atoms with Crippen LogP contribution in [0, 0.1) is 0 Å². The topological polar surface area (TPSA) is 41.1 Å². The van der Waals surface area contributed by atoms with Crippen LogP contribution in [-0.4, -0.2) is 11.0 Å². The molecule has 0 aliphatic rings. The summed E-state index contributed by atoms with van der Waals surface area (Å²) in [5.41, 5.74) is 2.34. The van der Waals surface area contributed by atoms with Crippen molar-refractivity contribution in [3.8, 4) is 0 Å². The van der Waals surface area contributed by atoms with Gasteiger partial charge in [-0.05, 0) is 66.2 Å². The number of benzene rings is 2. The first kappa shape index (κ1) is 17.7. The van der Waals surface area contributed by atoms with Gasteiger partial charge in [0.2, 0.25) is 0 Å². The molecule has 0 unspecified atom stereocenters. The van der Waals surface area contributed by atoms with Crippen molar-refractivity contribution in [2.45, 2.75) is 19.8 Å².